The highest BCUT2D eigenvalue weighted by molar-refractivity contribution is 6.24. The van der Waals surface area contributed by atoms with Crippen LogP contribution in [0.3, 0.4) is 0 Å². The van der Waals surface area contributed by atoms with E-state index in [-0.39, 0.29) is 30.0 Å². The van der Waals surface area contributed by atoms with E-state index in [1.165, 1.54) is 0 Å². The first-order valence-corrected chi connectivity index (χ1v) is 9.91. The topological polar surface area (TPSA) is 122 Å². The number of carbonyl (C=O) groups excluding carboxylic acids is 4. The minimum atomic E-state index is -0.979. The van der Waals surface area contributed by atoms with Gasteiger partial charge in [-0.3, -0.25) is 29.4 Å². The molecule has 0 aliphatic carbocycles. The number of imide groups is 2. The molecule has 3 aliphatic heterocycles. The second-order valence-corrected chi connectivity index (χ2v) is 7.68. The first kappa shape index (κ1) is 19.5. The third kappa shape index (κ3) is 3.75. The number of benzene rings is 1. The van der Waals surface area contributed by atoms with E-state index in [4.69, 9.17) is 10.5 Å². The third-order valence-electron chi connectivity index (χ3n) is 5.61. The van der Waals surface area contributed by atoms with Crippen LogP contribution in [0.5, 0.6) is 5.75 Å². The molecule has 9 nitrogen and oxygen atoms in total. The molecule has 0 aromatic heterocycles. The number of fused-ring (bicyclic) bond motifs is 1. The minimum Gasteiger partial charge on any atom is -0.493 e. The predicted molar refractivity (Wildman–Crippen MR) is 102 cm³/mol. The summed E-state index contributed by atoms with van der Waals surface area (Å²) >= 11 is 0. The van der Waals surface area contributed by atoms with Gasteiger partial charge in [-0.05, 0) is 37.9 Å². The maximum absolute atomic E-state index is 13.0. The fraction of sp³-hybridized carbons (Fsp3) is 0.500. The number of nitrogens with zero attached hydrogens (tertiary/aromatic N) is 2. The van der Waals surface area contributed by atoms with Crippen molar-refractivity contribution in [3.05, 3.63) is 29.3 Å². The molecule has 29 heavy (non-hydrogen) atoms. The highest BCUT2D eigenvalue weighted by Gasteiger charge is 2.45. The summed E-state index contributed by atoms with van der Waals surface area (Å²) in [5.74, 6) is -1.77. The fourth-order valence-electron chi connectivity index (χ4n) is 4.14. The number of hydrogen-bond donors (Lipinski definition) is 2. The van der Waals surface area contributed by atoms with E-state index >= 15 is 0 Å². The standard InChI is InChI=1S/C20H24N4O5/c21-12-7-9-23(11-12)8-2-10-29-15-4-1-3-13-17(15)20(28)24(19(13)27)14-5-6-16(25)22-18(14)26/h1,3-4,12,14H,2,5-11,21H2,(H,22,25,26). The second-order valence-electron chi connectivity index (χ2n) is 7.68. The molecule has 2 fully saturated rings. The molecular formula is C20H24N4O5. The van der Waals surface area contributed by atoms with Gasteiger partial charge in [0.15, 0.2) is 0 Å². The number of ether oxygens (including phenoxy) is 1. The molecule has 4 rings (SSSR count). The van der Waals surface area contributed by atoms with E-state index in [9.17, 15) is 19.2 Å². The molecule has 3 heterocycles. The number of hydrogen-bond acceptors (Lipinski definition) is 7. The molecule has 4 amide bonds. The molecular weight excluding hydrogens is 376 g/mol. The summed E-state index contributed by atoms with van der Waals surface area (Å²) in [6.45, 7) is 3.13. The first-order chi connectivity index (χ1) is 14.0. The first-order valence-electron chi connectivity index (χ1n) is 9.91. The summed E-state index contributed by atoms with van der Waals surface area (Å²) in [6, 6.07) is 4.12. The monoisotopic (exact) mass is 400 g/mol. The van der Waals surface area contributed by atoms with Crippen molar-refractivity contribution in [2.75, 3.05) is 26.2 Å². The van der Waals surface area contributed by atoms with Gasteiger partial charge in [0.1, 0.15) is 11.8 Å². The highest BCUT2D eigenvalue weighted by atomic mass is 16.5. The molecule has 2 unspecified atom stereocenters. The normalized spacial score (nSPS) is 24.8. The molecule has 0 spiro atoms. The van der Waals surface area contributed by atoms with Gasteiger partial charge in [-0.1, -0.05) is 6.07 Å². The van der Waals surface area contributed by atoms with Crippen LogP contribution in [-0.4, -0.2) is 71.8 Å². The van der Waals surface area contributed by atoms with Gasteiger partial charge < -0.3 is 15.4 Å². The molecule has 1 aromatic rings. The van der Waals surface area contributed by atoms with Crippen molar-refractivity contribution in [1.82, 2.24) is 15.1 Å². The van der Waals surface area contributed by atoms with E-state index in [0.29, 0.717) is 12.4 Å². The molecule has 9 heteroatoms. The van der Waals surface area contributed by atoms with E-state index < -0.39 is 29.7 Å². The average molecular weight is 400 g/mol. The predicted octanol–water partition coefficient (Wildman–Crippen LogP) is -0.110. The van der Waals surface area contributed by atoms with Crippen molar-refractivity contribution in [2.45, 2.75) is 37.8 Å². The summed E-state index contributed by atoms with van der Waals surface area (Å²) < 4.78 is 5.82. The van der Waals surface area contributed by atoms with Crippen molar-refractivity contribution in [1.29, 1.82) is 0 Å². The van der Waals surface area contributed by atoms with Crippen LogP contribution < -0.4 is 15.8 Å². The number of piperidine rings is 1. The van der Waals surface area contributed by atoms with Crippen molar-refractivity contribution < 1.29 is 23.9 Å². The van der Waals surface area contributed by atoms with Gasteiger partial charge in [-0.15, -0.1) is 0 Å². The molecule has 2 saturated heterocycles. The fourth-order valence-corrected chi connectivity index (χ4v) is 4.14. The number of likely N-dealkylation sites (tertiary alicyclic amines) is 1. The molecule has 3 aliphatic rings. The zero-order valence-electron chi connectivity index (χ0n) is 16.1. The Balaban J connectivity index is 1.43. The van der Waals surface area contributed by atoms with Gasteiger partial charge in [-0.25, -0.2) is 0 Å². The van der Waals surface area contributed by atoms with E-state index in [0.717, 1.165) is 37.4 Å². The molecule has 0 radical (unpaired) electrons. The van der Waals surface area contributed by atoms with Crippen LogP contribution in [0, 0.1) is 0 Å². The lowest BCUT2D eigenvalue weighted by Gasteiger charge is -2.27. The number of amides is 4. The van der Waals surface area contributed by atoms with E-state index in [1.54, 1.807) is 18.2 Å². The van der Waals surface area contributed by atoms with E-state index in [2.05, 4.69) is 10.2 Å². The summed E-state index contributed by atoms with van der Waals surface area (Å²) in [7, 11) is 0. The van der Waals surface area contributed by atoms with Gasteiger partial charge in [0.25, 0.3) is 11.8 Å². The van der Waals surface area contributed by atoms with Crippen LogP contribution in [0.1, 0.15) is 46.4 Å². The Bertz CT molecular complexity index is 870. The summed E-state index contributed by atoms with van der Waals surface area (Å²) in [6.07, 6.45) is 1.99. The molecule has 154 valence electrons. The Morgan fingerprint density at radius 3 is 2.69 bits per heavy atom. The lowest BCUT2D eigenvalue weighted by atomic mass is 10.0. The molecule has 1 aromatic carbocycles. The Morgan fingerprint density at radius 2 is 1.97 bits per heavy atom. The van der Waals surface area contributed by atoms with Gasteiger partial charge in [0.05, 0.1) is 17.7 Å². The molecule has 0 bridgehead atoms. The van der Waals surface area contributed by atoms with Crippen molar-refractivity contribution in [3.63, 3.8) is 0 Å². The quantitative estimate of drug-likeness (QED) is 0.505. The zero-order valence-corrected chi connectivity index (χ0v) is 16.1. The van der Waals surface area contributed by atoms with Crippen LogP contribution in [0.4, 0.5) is 0 Å². The maximum Gasteiger partial charge on any atom is 0.266 e. The highest BCUT2D eigenvalue weighted by Crippen LogP contribution is 2.33. The third-order valence-corrected chi connectivity index (χ3v) is 5.61. The van der Waals surface area contributed by atoms with E-state index in [1.807, 2.05) is 0 Å². The lowest BCUT2D eigenvalue weighted by molar-refractivity contribution is -0.136. The van der Waals surface area contributed by atoms with Crippen LogP contribution in [0.15, 0.2) is 18.2 Å². The van der Waals surface area contributed by atoms with Crippen LogP contribution in [0.2, 0.25) is 0 Å². The SMILES string of the molecule is NC1CCN(CCCOc2cccc3c2C(=O)N(C2CCC(=O)NC2=O)C3=O)C1. The zero-order chi connectivity index (χ0) is 20.5. The van der Waals surface area contributed by atoms with Gasteiger partial charge in [0.2, 0.25) is 11.8 Å². The maximum atomic E-state index is 13.0. The minimum absolute atomic E-state index is 0.0906. The molecule has 0 saturated carbocycles. The number of carbonyl (C=O) groups is 4. The molecule has 3 N–H and O–H groups in total. The van der Waals surface area contributed by atoms with Gasteiger partial charge in [0, 0.05) is 25.6 Å². The lowest BCUT2D eigenvalue weighted by Crippen LogP contribution is -2.54. The van der Waals surface area contributed by atoms with Crippen LogP contribution in [0.25, 0.3) is 0 Å². The number of rotatable bonds is 6. The smallest absolute Gasteiger partial charge is 0.266 e. The second kappa shape index (κ2) is 7.92. The largest absolute Gasteiger partial charge is 0.493 e. The van der Waals surface area contributed by atoms with Crippen molar-refractivity contribution in [2.24, 2.45) is 5.73 Å². The Hall–Kier alpha value is -2.78. The summed E-state index contributed by atoms with van der Waals surface area (Å²) in [5, 5.41) is 2.19. The summed E-state index contributed by atoms with van der Waals surface area (Å²) in [4.78, 5) is 52.5. The van der Waals surface area contributed by atoms with Crippen LogP contribution in [-0.2, 0) is 9.59 Å². The Labute approximate surface area is 168 Å². The van der Waals surface area contributed by atoms with Gasteiger partial charge >= 0.3 is 0 Å². The van der Waals surface area contributed by atoms with Crippen molar-refractivity contribution in [3.8, 4) is 5.75 Å². The average Bonchev–Trinajstić information content (AvgIpc) is 3.21. The Kier molecular flexibility index (Phi) is 5.33. The molecule has 2 atom stereocenters. The van der Waals surface area contributed by atoms with Crippen LogP contribution >= 0.6 is 0 Å². The summed E-state index contributed by atoms with van der Waals surface area (Å²) in [5.41, 5.74) is 6.32. The van der Waals surface area contributed by atoms with Gasteiger partial charge in [-0.2, -0.15) is 0 Å². The number of nitrogens with one attached hydrogen (secondary N) is 1. The van der Waals surface area contributed by atoms with Crippen molar-refractivity contribution >= 4 is 23.6 Å². The Morgan fingerprint density at radius 1 is 1.14 bits per heavy atom. The number of nitrogens with two attached hydrogens (primary N) is 1.